The number of rotatable bonds is 4. The van der Waals surface area contributed by atoms with Crippen LogP contribution in [0.25, 0.3) is 0 Å². The normalized spacial score (nSPS) is 11.4. The average molecular weight is 291 g/mol. The highest BCUT2D eigenvalue weighted by Crippen LogP contribution is 2.20. The molecule has 0 spiro atoms. The molecular weight excluding hydrogens is 274 g/mol. The number of amides is 1. The lowest BCUT2D eigenvalue weighted by Gasteiger charge is -2.13. The van der Waals surface area contributed by atoms with Gasteiger partial charge in [0.2, 0.25) is 0 Å². The van der Waals surface area contributed by atoms with Crippen molar-refractivity contribution in [1.82, 2.24) is 25.5 Å². The first-order valence-electron chi connectivity index (χ1n) is 6.38. The maximum Gasteiger partial charge on any atom is 0.354 e. The number of carboxylic acid groups (broad SMARTS) is 1. The minimum Gasteiger partial charge on any atom is -0.477 e. The minimum atomic E-state index is -1.23. The molecule has 0 aromatic carbocycles. The van der Waals surface area contributed by atoms with Crippen LogP contribution in [0.2, 0.25) is 0 Å². The van der Waals surface area contributed by atoms with Crippen molar-refractivity contribution in [1.29, 1.82) is 0 Å². The van der Waals surface area contributed by atoms with Crippen molar-refractivity contribution in [3.05, 3.63) is 35.2 Å². The number of aromatic carboxylic acids is 1. The van der Waals surface area contributed by atoms with Gasteiger partial charge in [-0.25, -0.2) is 9.78 Å². The third-order valence-electron chi connectivity index (χ3n) is 2.91. The Kier molecular flexibility index (Phi) is 3.79. The summed E-state index contributed by atoms with van der Waals surface area (Å²) < 4.78 is 0. The van der Waals surface area contributed by atoms with Gasteiger partial charge in [0.05, 0.1) is 24.3 Å². The molecule has 2 aromatic heterocycles. The average Bonchev–Trinajstić information content (AvgIpc) is 3.04. The Bertz CT molecular complexity index is 665. The highest BCUT2D eigenvalue weighted by atomic mass is 16.4. The molecule has 0 aliphatic rings. The largest absolute Gasteiger partial charge is 0.477 e. The van der Waals surface area contributed by atoms with Crippen LogP contribution in [0, 0.1) is 0 Å². The van der Waals surface area contributed by atoms with Crippen LogP contribution in [-0.4, -0.2) is 37.1 Å². The molecule has 0 aliphatic heterocycles. The SMILES string of the molecule is CC(C)(C)c1cc(CNC(=O)c2nc[nH]c2C(=O)O)[nH]n1. The van der Waals surface area contributed by atoms with Crippen LogP contribution in [0.3, 0.4) is 0 Å². The van der Waals surface area contributed by atoms with E-state index < -0.39 is 11.9 Å². The van der Waals surface area contributed by atoms with Gasteiger partial charge in [-0.1, -0.05) is 20.8 Å². The summed E-state index contributed by atoms with van der Waals surface area (Å²) in [7, 11) is 0. The summed E-state index contributed by atoms with van der Waals surface area (Å²) in [5.74, 6) is -1.78. The summed E-state index contributed by atoms with van der Waals surface area (Å²) in [5, 5.41) is 18.5. The molecule has 0 radical (unpaired) electrons. The van der Waals surface area contributed by atoms with Gasteiger partial charge in [0.15, 0.2) is 11.4 Å². The lowest BCUT2D eigenvalue weighted by atomic mass is 9.92. The van der Waals surface area contributed by atoms with Crippen LogP contribution in [0.5, 0.6) is 0 Å². The van der Waals surface area contributed by atoms with Gasteiger partial charge in [-0.05, 0) is 6.07 Å². The Hall–Kier alpha value is -2.64. The number of nitrogens with one attached hydrogen (secondary N) is 3. The number of aromatic amines is 2. The van der Waals surface area contributed by atoms with Gasteiger partial charge in [0.1, 0.15) is 0 Å². The summed E-state index contributed by atoms with van der Waals surface area (Å²) in [5.41, 5.74) is 1.17. The minimum absolute atomic E-state index is 0.0859. The quantitative estimate of drug-likeness (QED) is 0.670. The van der Waals surface area contributed by atoms with E-state index >= 15 is 0 Å². The first-order valence-corrected chi connectivity index (χ1v) is 6.38. The molecule has 2 aromatic rings. The van der Waals surface area contributed by atoms with Crippen molar-refractivity contribution in [2.45, 2.75) is 32.7 Å². The van der Waals surface area contributed by atoms with Crippen molar-refractivity contribution in [3.8, 4) is 0 Å². The lowest BCUT2D eigenvalue weighted by molar-refractivity contribution is 0.0685. The number of carboxylic acids is 1. The van der Waals surface area contributed by atoms with Crippen molar-refractivity contribution in [2.75, 3.05) is 0 Å². The van der Waals surface area contributed by atoms with Crippen LogP contribution in [0.4, 0.5) is 0 Å². The predicted octanol–water partition coefficient (Wildman–Crippen LogP) is 1.06. The Morgan fingerprint density at radius 1 is 1.38 bits per heavy atom. The molecule has 0 fully saturated rings. The summed E-state index contributed by atoms with van der Waals surface area (Å²) in [6.07, 6.45) is 1.17. The number of hydrogen-bond donors (Lipinski definition) is 4. The topological polar surface area (TPSA) is 124 Å². The van der Waals surface area contributed by atoms with E-state index in [0.717, 1.165) is 11.4 Å². The van der Waals surface area contributed by atoms with E-state index in [1.54, 1.807) is 0 Å². The zero-order valence-electron chi connectivity index (χ0n) is 12.0. The van der Waals surface area contributed by atoms with E-state index in [0.29, 0.717) is 0 Å². The maximum atomic E-state index is 11.9. The molecule has 4 N–H and O–H groups in total. The molecular formula is C13H17N5O3. The molecule has 0 saturated carbocycles. The smallest absolute Gasteiger partial charge is 0.354 e. The highest BCUT2D eigenvalue weighted by Gasteiger charge is 2.20. The second kappa shape index (κ2) is 5.39. The fourth-order valence-electron chi connectivity index (χ4n) is 1.73. The molecule has 1 amide bonds. The van der Waals surface area contributed by atoms with E-state index in [1.807, 2.05) is 26.8 Å². The van der Waals surface area contributed by atoms with Crippen LogP contribution in [0.1, 0.15) is 53.1 Å². The van der Waals surface area contributed by atoms with Gasteiger partial charge >= 0.3 is 5.97 Å². The van der Waals surface area contributed by atoms with E-state index in [4.69, 9.17) is 5.11 Å². The van der Waals surface area contributed by atoms with Crippen LogP contribution >= 0.6 is 0 Å². The highest BCUT2D eigenvalue weighted by molar-refractivity contribution is 6.02. The molecule has 0 aliphatic carbocycles. The molecule has 2 heterocycles. The Labute approximate surface area is 121 Å². The van der Waals surface area contributed by atoms with Crippen molar-refractivity contribution in [2.24, 2.45) is 0 Å². The zero-order chi connectivity index (χ0) is 15.6. The fourth-order valence-corrected chi connectivity index (χ4v) is 1.73. The van der Waals surface area contributed by atoms with E-state index in [2.05, 4.69) is 25.5 Å². The molecule has 8 heteroatoms. The molecule has 2 rings (SSSR count). The Morgan fingerprint density at radius 3 is 2.67 bits per heavy atom. The molecule has 0 unspecified atom stereocenters. The van der Waals surface area contributed by atoms with Crippen molar-refractivity contribution in [3.63, 3.8) is 0 Å². The van der Waals surface area contributed by atoms with Gasteiger partial charge in [0, 0.05) is 5.41 Å². The van der Waals surface area contributed by atoms with Gasteiger partial charge in [0.25, 0.3) is 5.91 Å². The third-order valence-corrected chi connectivity index (χ3v) is 2.91. The molecule has 8 nitrogen and oxygen atoms in total. The van der Waals surface area contributed by atoms with Crippen molar-refractivity contribution >= 4 is 11.9 Å². The number of carbonyl (C=O) groups is 2. The third kappa shape index (κ3) is 3.28. The van der Waals surface area contributed by atoms with Gasteiger partial charge < -0.3 is 15.4 Å². The first kappa shape index (κ1) is 14.8. The first-order chi connectivity index (χ1) is 9.79. The predicted molar refractivity (Wildman–Crippen MR) is 74.0 cm³/mol. The zero-order valence-corrected chi connectivity index (χ0v) is 12.0. The van der Waals surface area contributed by atoms with E-state index in [-0.39, 0.29) is 23.3 Å². The number of nitrogens with zero attached hydrogens (tertiary/aromatic N) is 2. The Morgan fingerprint density at radius 2 is 2.10 bits per heavy atom. The summed E-state index contributed by atoms with van der Waals surface area (Å²) in [6, 6.07) is 1.86. The van der Waals surface area contributed by atoms with E-state index in [1.165, 1.54) is 6.33 Å². The van der Waals surface area contributed by atoms with Crippen LogP contribution < -0.4 is 5.32 Å². The van der Waals surface area contributed by atoms with E-state index in [9.17, 15) is 9.59 Å². The number of H-pyrrole nitrogens is 2. The number of carbonyl (C=O) groups excluding carboxylic acids is 1. The van der Waals surface area contributed by atoms with Crippen LogP contribution in [-0.2, 0) is 12.0 Å². The molecule has 0 saturated heterocycles. The Balaban J connectivity index is 2.03. The number of imidazole rings is 1. The lowest BCUT2D eigenvalue weighted by Crippen LogP contribution is -2.25. The van der Waals surface area contributed by atoms with Crippen molar-refractivity contribution < 1.29 is 14.7 Å². The van der Waals surface area contributed by atoms with Gasteiger partial charge in [-0.15, -0.1) is 0 Å². The molecule has 21 heavy (non-hydrogen) atoms. The molecule has 0 atom stereocenters. The second-order valence-corrected chi connectivity index (χ2v) is 5.64. The maximum absolute atomic E-state index is 11.9. The van der Waals surface area contributed by atoms with Gasteiger partial charge in [-0.3, -0.25) is 9.89 Å². The van der Waals surface area contributed by atoms with Gasteiger partial charge in [-0.2, -0.15) is 5.10 Å². The fraction of sp³-hybridized carbons (Fsp3) is 0.385. The molecule has 112 valence electrons. The summed E-state index contributed by atoms with van der Waals surface area (Å²) in [4.78, 5) is 29.0. The number of aromatic nitrogens is 4. The van der Waals surface area contributed by atoms with Crippen LogP contribution in [0.15, 0.2) is 12.4 Å². The monoisotopic (exact) mass is 291 g/mol. The molecule has 0 bridgehead atoms. The summed E-state index contributed by atoms with van der Waals surface area (Å²) in [6.45, 7) is 6.32. The number of hydrogen-bond acceptors (Lipinski definition) is 4. The standard InChI is InChI=1S/C13H17N5O3/c1-13(2,3)8-4-7(17-18-8)5-14-11(19)9-10(12(20)21)16-6-15-9/h4,6H,5H2,1-3H3,(H,14,19)(H,15,16)(H,17,18)(H,20,21). The second-order valence-electron chi connectivity index (χ2n) is 5.64. The summed E-state index contributed by atoms with van der Waals surface area (Å²) >= 11 is 0.